The van der Waals surface area contributed by atoms with Crippen LogP contribution in [-0.4, -0.2) is 98.2 Å². The minimum atomic E-state index is -1.10. The molecule has 0 spiro atoms. The molecule has 0 radical (unpaired) electrons. The van der Waals surface area contributed by atoms with Crippen LogP contribution in [0.2, 0.25) is 0 Å². The zero-order chi connectivity index (χ0) is 20.1. The molecule has 158 valence electrons. The first kappa shape index (κ1) is 27.9. The van der Waals surface area contributed by atoms with E-state index in [0.717, 1.165) is 6.61 Å². The Morgan fingerprint density at radius 3 is 1.58 bits per heavy atom. The molecule has 0 amide bonds. The third kappa shape index (κ3) is 21.7. The quantitative estimate of drug-likeness (QED) is 0.268. The smallest absolute Gasteiger partial charge is 0.0825 e. The highest BCUT2D eigenvalue weighted by Gasteiger charge is 2.25. The van der Waals surface area contributed by atoms with Gasteiger partial charge in [0.15, 0.2) is 0 Å². The molecule has 0 unspecified atom stereocenters. The molecule has 0 rings (SSSR count). The fourth-order valence-corrected chi connectivity index (χ4v) is 3.39. The second-order valence-electron chi connectivity index (χ2n) is 5.92. The lowest BCUT2D eigenvalue weighted by Crippen LogP contribution is -2.24. The first-order valence-electron chi connectivity index (χ1n) is 9.20. The summed E-state index contributed by atoms with van der Waals surface area (Å²) in [7, 11) is 2.83. The van der Waals surface area contributed by atoms with Gasteiger partial charge >= 0.3 is 0 Å². The Kier molecular flexibility index (Phi) is 22.6. The highest BCUT2D eigenvalue weighted by atomic mass is 31.2. The van der Waals surface area contributed by atoms with Gasteiger partial charge in [-0.05, 0) is 13.8 Å². The van der Waals surface area contributed by atoms with Crippen molar-refractivity contribution in [3.8, 4) is 0 Å². The molecule has 0 aliphatic heterocycles. The van der Waals surface area contributed by atoms with Crippen LogP contribution < -0.4 is 5.11 Å². The SMILES string of the molecule is CC[P+](C)(CC)CCOC.COCCOCCOCCOCCC(=O)[O-]. The summed E-state index contributed by atoms with van der Waals surface area (Å²) in [5.41, 5.74) is 0. The van der Waals surface area contributed by atoms with E-state index >= 15 is 0 Å². The van der Waals surface area contributed by atoms with Gasteiger partial charge in [0, 0.05) is 40.5 Å². The van der Waals surface area contributed by atoms with Gasteiger partial charge in [-0.1, -0.05) is 0 Å². The molecular formula is C18H39O7P. The van der Waals surface area contributed by atoms with E-state index < -0.39 is 13.2 Å². The molecule has 0 aromatic rings. The van der Waals surface area contributed by atoms with Crippen LogP contribution in [0.3, 0.4) is 0 Å². The molecule has 0 atom stereocenters. The first-order chi connectivity index (χ1) is 12.5. The number of hydrogen-bond donors (Lipinski definition) is 0. The minimum absolute atomic E-state index is 0.0832. The second kappa shape index (κ2) is 21.0. The molecule has 26 heavy (non-hydrogen) atoms. The molecule has 0 bridgehead atoms. The highest BCUT2D eigenvalue weighted by Crippen LogP contribution is 2.53. The summed E-state index contributed by atoms with van der Waals surface area (Å²) < 4.78 is 25.2. The molecule has 0 heterocycles. The fraction of sp³-hybridized carbons (Fsp3) is 0.944. The maximum atomic E-state index is 10.0. The molecule has 0 aliphatic carbocycles. The Morgan fingerprint density at radius 2 is 1.19 bits per heavy atom. The molecule has 0 aliphatic rings. The summed E-state index contributed by atoms with van der Waals surface area (Å²) in [5, 5.41) is 10.0. The van der Waals surface area contributed by atoms with Crippen LogP contribution in [-0.2, 0) is 28.5 Å². The van der Waals surface area contributed by atoms with E-state index in [1.54, 1.807) is 14.2 Å². The molecule has 0 saturated carbocycles. The normalized spacial score (nSPS) is 11.1. The van der Waals surface area contributed by atoms with Crippen LogP contribution in [0, 0.1) is 0 Å². The van der Waals surface area contributed by atoms with Gasteiger partial charge in [-0.2, -0.15) is 0 Å². The average Bonchev–Trinajstić information content (AvgIpc) is 2.64. The minimum Gasteiger partial charge on any atom is -0.550 e. The van der Waals surface area contributed by atoms with Gasteiger partial charge in [0.25, 0.3) is 0 Å². The number of ether oxygens (including phenoxy) is 5. The van der Waals surface area contributed by atoms with E-state index in [1.807, 2.05) is 0 Å². The zero-order valence-electron chi connectivity index (χ0n) is 17.3. The predicted octanol–water partition coefficient (Wildman–Crippen LogP) is 1.14. The van der Waals surface area contributed by atoms with Crippen molar-refractivity contribution >= 4 is 13.2 Å². The van der Waals surface area contributed by atoms with Crippen molar-refractivity contribution in [2.45, 2.75) is 20.3 Å². The van der Waals surface area contributed by atoms with Gasteiger partial charge in [-0.15, -0.1) is 0 Å². The van der Waals surface area contributed by atoms with Crippen LogP contribution in [0.1, 0.15) is 20.3 Å². The number of methoxy groups -OCH3 is 2. The van der Waals surface area contributed by atoms with E-state index in [0.29, 0.717) is 39.6 Å². The van der Waals surface area contributed by atoms with Gasteiger partial charge in [-0.3, -0.25) is 0 Å². The molecule has 0 saturated heterocycles. The highest BCUT2D eigenvalue weighted by molar-refractivity contribution is 7.75. The van der Waals surface area contributed by atoms with Gasteiger partial charge in [0.2, 0.25) is 0 Å². The third-order valence-electron chi connectivity index (χ3n) is 3.99. The lowest BCUT2D eigenvalue weighted by Gasteiger charge is -2.18. The summed E-state index contributed by atoms with van der Waals surface area (Å²) in [4.78, 5) is 10.0. The van der Waals surface area contributed by atoms with E-state index in [2.05, 4.69) is 20.5 Å². The maximum absolute atomic E-state index is 10.0. The van der Waals surface area contributed by atoms with E-state index in [9.17, 15) is 9.90 Å². The number of carbonyl (C=O) groups is 1. The topological polar surface area (TPSA) is 86.3 Å². The number of carboxylic acid groups (broad SMARTS) is 1. The van der Waals surface area contributed by atoms with Crippen molar-refractivity contribution < 1.29 is 33.6 Å². The van der Waals surface area contributed by atoms with Gasteiger partial charge in [-0.25, -0.2) is 0 Å². The summed E-state index contributed by atoms with van der Waals surface area (Å²) in [5.74, 6) is -1.10. The Hall–Kier alpha value is -0.300. The average molecular weight is 398 g/mol. The number of hydrogen-bond acceptors (Lipinski definition) is 7. The Bertz CT molecular complexity index is 299. The molecule has 7 nitrogen and oxygen atoms in total. The predicted molar refractivity (Wildman–Crippen MR) is 105 cm³/mol. The molecule has 0 aromatic carbocycles. The van der Waals surface area contributed by atoms with Crippen LogP contribution in [0.25, 0.3) is 0 Å². The zero-order valence-corrected chi connectivity index (χ0v) is 18.2. The van der Waals surface area contributed by atoms with Gasteiger partial charge < -0.3 is 33.6 Å². The van der Waals surface area contributed by atoms with Gasteiger partial charge in [0.1, 0.15) is 0 Å². The van der Waals surface area contributed by atoms with Crippen LogP contribution in [0.4, 0.5) is 0 Å². The fourth-order valence-electron chi connectivity index (χ4n) is 1.69. The van der Waals surface area contributed by atoms with E-state index in [-0.39, 0.29) is 13.0 Å². The molecular weight excluding hydrogens is 359 g/mol. The molecule has 0 N–H and O–H groups in total. The molecule has 0 fully saturated rings. The summed E-state index contributed by atoms with van der Waals surface area (Å²) in [6, 6.07) is 0. The van der Waals surface area contributed by atoms with Crippen molar-refractivity contribution in [3.63, 3.8) is 0 Å². The number of aliphatic carboxylic acids is 1. The summed E-state index contributed by atoms with van der Waals surface area (Å²) >= 11 is 0. The second-order valence-corrected chi connectivity index (χ2v) is 10.9. The van der Waals surface area contributed by atoms with E-state index in [4.69, 9.17) is 23.7 Å². The molecule has 0 aromatic heterocycles. The van der Waals surface area contributed by atoms with Crippen LogP contribution in [0.5, 0.6) is 0 Å². The van der Waals surface area contributed by atoms with E-state index in [1.165, 1.54) is 18.5 Å². The summed E-state index contributed by atoms with van der Waals surface area (Å²) in [6.45, 7) is 11.1. The molecule has 8 heteroatoms. The Labute approximate surface area is 160 Å². The standard InChI is InChI=1S/C10H20O6.C8H20OP/c1-13-4-5-15-8-9-16-7-6-14-3-2-10(11)12;1-5-10(4,6-2)8-7-9-3/h2-9H2,1H3,(H,11,12);5-8H2,1-4H3/q;+1/p-1. The maximum Gasteiger partial charge on any atom is 0.0825 e. The van der Waals surface area contributed by atoms with Crippen molar-refractivity contribution in [2.75, 3.05) is 92.2 Å². The van der Waals surface area contributed by atoms with Gasteiger partial charge in [0.05, 0.1) is 71.3 Å². The lowest BCUT2D eigenvalue weighted by molar-refractivity contribution is -0.306. The summed E-state index contributed by atoms with van der Waals surface area (Å²) in [6.07, 6.45) is 3.95. The Morgan fingerprint density at radius 1 is 0.769 bits per heavy atom. The Balaban J connectivity index is 0. The first-order valence-corrected chi connectivity index (χ1v) is 12.0. The van der Waals surface area contributed by atoms with Crippen molar-refractivity contribution in [1.29, 1.82) is 0 Å². The number of rotatable bonds is 17. The number of carbonyl (C=O) groups excluding carboxylic acids is 1. The van der Waals surface area contributed by atoms with Crippen molar-refractivity contribution in [1.82, 2.24) is 0 Å². The van der Waals surface area contributed by atoms with Crippen molar-refractivity contribution in [2.24, 2.45) is 0 Å². The third-order valence-corrected chi connectivity index (χ3v) is 8.30. The largest absolute Gasteiger partial charge is 0.550 e. The van der Waals surface area contributed by atoms with Crippen LogP contribution in [0.15, 0.2) is 0 Å². The van der Waals surface area contributed by atoms with Crippen molar-refractivity contribution in [3.05, 3.63) is 0 Å². The van der Waals surface area contributed by atoms with Crippen LogP contribution >= 0.6 is 7.26 Å². The lowest BCUT2D eigenvalue weighted by atomic mass is 10.5. The monoisotopic (exact) mass is 398 g/mol. The number of carboxylic acids is 1.